The smallest absolute Gasteiger partial charge is 0.420 e. The zero-order valence-electron chi connectivity index (χ0n) is 9.71. The number of alkyl halides is 4. The average molecular weight is 340 g/mol. The summed E-state index contributed by atoms with van der Waals surface area (Å²) in [6.45, 7) is 0. The number of halogens is 4. The standard InChI is InChI=1S/C13H14BrClF2O/c14-11-5-1-9(2-6-11)10-3-7-12(8-4-10)18-13(15,16)17/h3-4,7-9,11H,1-2,5-6H2. The largest absolute Gasteiger partial charge is 0.487 e. The fourth-order valence-corrected chi connectivity index (χ4v) is 2.95. The second-order valence-electron chi connectivity index (χ2n) is 4.57. The van der Waals surface area contributed by atoms with Crippen LogP contribution in [0.15, 0.2) is 24.3 Å². The number of hydrogen-bond acceptors (Lipinski definition) is 1. The van der Waals surface area contributed by atoms with Crippen molar-refractivity contribution in [2.45, 2.75) is 42.0 Å². The van der Waals surface area contributed by atoms with Crippen LogP contribution < -0.4 is 4.74 Å². The molecular weight excluding hydrogens is 325 g/mol. The van der Waals surface area contributed by atoms with Gasteiger partial charge in [-0.05, 0) is 49.3 Å². The van der Waals surface area contributed by atoms with Crippen molar-refractivity contribution in [2.75, 3.05) is 0 Å². The maximum absolute atomic E-state index is 12.4. The summed E-state index contributed by atoms with van der Waals surface area (Å²) in [7, 11) is 0. The maximum atomic E-state index is 12.4. The SMILES string of the molecule is FC(F)(Cl)Oc1ccc(C2CCC(Br)CC2)cc1. The Labute approximate surface area is 119 Å². The molecule has 0 N–H and O–H groups in total. The first-order valence-corrected chi connectivity index (χ1v) is 7.23. The maximum Gasteiger partial charge on any atom is 0.487 e. The number of benzene rings is 1. The van der Waals surface area contributed by atoms with Gasteiger partial charge in [0.15, 0.2) is 0 Å². The van der Waals surface area contributed by atoms with Crippen molar-refractivity contribution in [3.8, 4) is 5.75 Å². The summed E-state index contributed by atoms with van der Waals surface area (Å²) < 4.78 is 29.2. The summed E-state index contributed by atoms with van der Waals surface area (Å²) in [6, 6.07) is 6.78. The third-order valence-electron chi connectivity index (χ3n) is 3.24. The predicted octanol–water partition coefficient (Wildman–Crippen LogP) is 5.28. The first kappa shape index (κ1) is 14.1. The van der Waals surface area contributed by atoms with Crippen molar-refractivity contribution < 1.29 is 13.5 Å². The first-order chi connectivity index (χ1) is 8.44. The molecule has 1 aromatic rings. The van der Waals surface area contributed by atoms with Gasteiger partial charge in [-0.1, -0.05) is 28.1 Å². The van der Waals surface area contributed by atoms with Gasteiger partial charge in [-0.3, -0.25) is 0 Å². The Morgan fingerprint density at radius 2 is 1.67 bits per heavy atom. The Morgan fingerprint density at radius 1 is 1.11 bits per heavy atom. The van der Waals surface area contributed by atoms with E-state index in [1.54, 1.807) is 12.1 Å². The highest BCUT2D eigenvalue weighted by atomic mass is 79.9. The highest BCUT2D eigenvalue weighted by Crippen LogP contribution is 2.36. The molecule has 0 atom stereocenters. The zero-order chi connectivity index (χ0) is 13.2. The molecule has 5 heteroatoms. The minimum atomic E-state index is -3.64. The van der Waals surface area contributed by atoms with E-state index < -0.39 is 5.57 Å². The Bertz CT molecular complexity index is 383. The molecule has 0 bridgehead atoms. The van der Waals surface area contributed by atoms with E-state index in [2.05, 4.69) is 20.7 Å². The quantitative estimate of drug-likeness (QED) is 0.681. The second kappa shape index (κ2) is 5.74. The van der Waals surface area contributed by atoms with E-state index in [0.717, 1.165) is 25.7 Å². The number of hydrogen-bond donors (Lipinski definition) is 0. The molecule has 0 radical (unpaired) electrons. The van der Waals surface area contributed by atoms with Crippen LogP contribution in [0, 0.1) is 0 Å². The molecule has 1 aromatic carbocycles. The van der Waals surface area contributed by atoms with Crippen LogP contribution in [0.25, 0.3) is 0 Å². The number of rotatable bonds is 3. The molecule has 1 nitrogen and oxygen atoms in total. The number of ether oxygens (including phenoxy) is 1. The lowest BCUT2D eigenvalue weighted by atomic mass is 9.84. The van der Waals surface area contributed by atoms with Crippen molar-refractivity contribution in [3.63, 3.8) is 0 Å². The molecule has 2 rings (SSSR count). The highest BCUT2D eigenvalue weighted by molar-refractivity contribution is 9.09. The molecule has 0 aromatic heterocycles. The van der Waals surface area contributed by atoms with Crippen LogP contribution in [0.2, 0.25) is 0 Å². The van der Waals surface area contributed by atoms with Crippen LogP contribution in [0.3, 0.4) is 0 Å². The molecule has 0 aliphatic heterocycles. The van der Waals surface area contributed by atoms with Crippen molar-refractivity contribution in [2.24, 2.45) is 0 Å². The Hall–Kier alpha value is -0.350. The summed E-state index contributed by atoms with van der Waals surface area (Å²) in [5.41, 5.74) is -2.46. The van der Waals surface area contributed by atoms with E-state index >= 15 is 0 Å². The fraction of sp³-hybridized carbons (Fsp3) is 0.538. The molecule has 1 aliphatic carbocycles. The van der Waals surface area contributed by atoms with Crippen LogP contribution >= 0.6 is 27.5 Å². The third-order valence-corrected chi connectivity index (χ3v) is 4.23. The van der Waals surface area contributed by atoms with Crippen molar-refractivity contribution in [1.82, 2.24) is 0 Å². The molecule has 18 heavy (non-hydrogen) atoms. The van der Waals surface area contributed by atoms with Gasteiger partial charge in [-0.25, -0.2) is 0 Å². The summed E-state index contributed by atoms with van der Waals surface area (Å²) in [4.78, 5) is 0.617. The van der Waals surface area contributed by atoms with Crippen LogP contribution in [-0.4, -0.2) is 10.4 Å². The molecule has 0 saturated heterocycles. The molecule has 100 valence electrons. The van der Waals surface area contributed by atoms with E-state index in [-0.39, 0.29) is 5.75 Å². The van der Waals surface area contributed by atoms with Gasteiger partial charge in [-0.2, -0.15) is 0 Å². The Kier molecular flexibility index (Phi) is 4.49. The van der Waals surface area contributed by atoms with Gasteiger partial charge < -0.3 is 4.74 Å². The molecule has 1 fully saturated rings. The monoisotopic (exact) mass is 338 g/mol. The van der Waals surface area contributed by atoms with Gasteiger partial charge in [0.1, 0.15) is 5.75 Å². The lowest BCUT2D eigenvalue weighted by molar-refractivity contribution is -0.0964. The first-order valence-electron chi connectivity index (χ1n) is 5.94. The summed E-state index contributed by atoms with van der Waals surface area (Å²) in [5.74, 6) is 0.609. The highest BCUT2D eigenvalue weighted by Gasteiger charge is 2.27. The molecule has 0 amide bonds. The molecular formula is C13H14BrClF2O. The van der Waals surface area contributed by atoms with E-state index in [1.165, 1.54) is 5.56 Å². The average Bonchev–Trinajstić information content (AvgIpc) is 2.29. The minimum absolute atomic E-state index is 0.0907. The van der Waals surface area contributed by atoms with Crippen molar-refractivity contribution >= 4 is 27.5 Å². The molecule has 0 spiro atoms. The van der Waals surface area contributed by atoms with Crippen molar-refractivity contribution in [3.05, 3.63) is 29.8 Å². The zero-order valence-corrected chi connectivity index (χ0v) is 12.1. The molecule has 0 heterocycles. The van der Waals surface area contributed by atoms with Gasteiger partial charge in [0, 0.05) is 16.4 Å². The Morgan fingerprint density at radius 3 is 2.17 bits per heavy atom. The van der Waals surface area contributed by atoms with Gasteiger partial charge >= 0.3 is 5.57 Å². The lowest BCUT2D eigenvalue weighted by Crippen LogP contribution is -2.16. The minimum Gasteiger partial charge on any atom is -0.420 e. The lowest BCUT2D eigenvalue weighted by Gasteiger charge is -2.25. The third kappa shape index (κ3) is 4.09. The van der Waals surface area contributed by atoms with E-state index in [9.17, 15) is 8.78 Å². The van der Waals surface area contributed by atoms with E-state index in [0.29, 0.717) is 10.7 Å². The summed E-state index contributed by atoms with van der Waals surface area (Å²) in [5, 5.41) is 0. The summed E-state index contributed by atoms with van der Waals surface area (Å²) in [6.07, 6.45) is 4.56. The topological polar surface area (TPSA) is 9.23 Å². The van der Waals surface area contributed by atoms with E-state index in [4.69, 9.17) is 11.6 Å². The van der Waals surface area contributed by atoms with Gasteiger partial charge in [0.2, 0.25) is 0 Å². The Balaban J connectivity index is 1.99. The molecule has 1 saturated carbocycles. The van der Waals surface area contributed by atoms with Gasteiger partial charge in [-0.15, -0.1) is 8.78 Å². The van der Waals surface area contributed by atoms with Crippen molar-refractivity contribution in [1.29, 1.82) is 0 Å². The normalized spacial score (nSPS) is 24.9. The van der Waals surface area contributed by atoms with Gasteiger partial charge in [0.25, 0.3) is 0 Å². The van der Waals surface area contributed by atoms with Crippen LogP contribution in [0.1, 0.15) is 37.2 Å². The molecule has 0 unspecified atom stereocenters. The second-order valence-corrected chi connectivity index (χ2v) is 6.30. The van der Waals surface area contributed by atoms with Crippen LogP contribution in [0.5, 0.6) is 5.75 Å². The summed E-state index contributed by atoms with van der Waals surface area (Å²) >= 11 is 8.33. The van der Waals surface area contributed by atoms with Crippen LogP contribution in [0.4, 0.5) is 8.78 Å². The molecule has 1 aliphatic rings. The predicted molar refractivity (Wildman–Crippen MR) is 71.8 cm³/mol. The fourth-order valence-electron chi connectivity index (χ4n) is 2.33. The van der Waals surface area contributed by atoms with E-state index in [1.807, 2.05) is 12.1 Å². The van der Waals surface area contributed by atoms with Gasteiger partial charge in [0.05, 0.1) is 0 Å². The van der Waals surface area contributed by atoms with Crippen LogP contribution in [-0.2, 0) is 0 Å².